The molecule has 0 rings (SSSR count). The number of carbonyl (C=O) groups excluding carboxylic acids is 1. The second kappa shape index (κ2) is 4.61. The first-order valence-corrected chi connectivity index (χ1v) is 3.52. The van der Waals surface area contributed by atoms with Crippen LogP contribution >= 0.6 is 8.81 Å². The molecule has 0 fully saturated rings. The summed E-state index contributed by atoms with van der Waals surface area (Å²) in [6.07, 6.45) is 0. The van der Waals surface area contributed by atoms with Gasteiger partial charge in [-0.15, -0.1) is 0 Å². The van der Waals surface area contributed by atoms with Crippen LogP contribution in [0.15, 0.2) is 0 Å². The maximum Gasteiger partial charge on any atom is 0.386 e. The van der Waals surface area contributed by atoms with Crippen LogP contribution in [0.3, 0.4) is 0 Å². The van der Waals surface area contributed by atoms with E-state index in [1.807, 2.05) is 0 Å². The molecule has 0 aliphatic carbocycles. The third-order valence-electron chi connectivity index (χ3n) is 0.422. The van der Waals surface area contributed by atoms with Crippen molar-refractivity contribution in [3.8, 4) is 11.8 Å². The minimum absolute atomic E-state index is 0.196. The first kappa shape index (κ1) is 7.46. The molecule has 0 spiro atoms. The molecule has 1 unspecified atom stereocenters. The molecule has 0 amide bonds. The number of carbonyl (C=O) groups is 1. The van der Waals surface area contributed by atoms with Crippen molar-refractivity contribution in [1.29, 1.82) is 0 Å². The molecule has 0 aromatic heterocycles. The van der Waals surface area contributed by atoms with Crippen molar-refractivity contribution in [1.82, 2.24) is 0 Å². The van der Waals surface area contributed by atoms with Crippen molar-refractivity contribution in [2.75, 3.05) is 6.66 Å². The van der Waals surface area contributed by atoms with E-state index in [0.29, 0.717) is 0 Å². The Hall–Kier alpha value is -0.540. The van der Waals surface area contributed by atoms with Gasteiger partial charge in [-0.2, -0.15) is 0 Å². The predicted molar refractivity (Wildman–Crippen MR) is 33.8 cm³/mol. The van der Waals surface area contributed by atoms with Crippen molar-refractivity contribution < 1.29 is 9.32 Å². The fourth-order valence-corrected chi connectivity index (χ4v) is 0.457. The lowest BCUT2D eigenvalue weighted by Crippen LogP contribution is -1.90. The Bertz CT molecular complexity index is 131. The summed E-state index contributed by atoms with van der Waals surface area (Å²) in [7, 11) is 0.196. The third-order valence-corrected chi connectivity index (χ3v) is 0.811. The lowest BCUT2D eigenvalue weighted by Gasteiger charge is -1.88. The lowest BCUT2D eigenvalue weighted by atomic mass is 10.6. The molecule has 8 heavy (non-hydrogen) atoms. The molecule has 0 heterocycles. The van der Waals surface area contributed by atoms with Gasteiger partial charge in [0, 0.05) is 5.92 Å². The number of hydrogen-bond donors (Lipinski definition) is 0. The van der Waals surface area contributed by atoms with Crippen LogP contribution in [0.25, 0.3) is 0 Å². The molecule has 0 radical (unpaired) electrons. The van der Waals surface area contributed by atoms with Gasteiger partial charge in [0.25, 0.3) is 0 Å². The molecule has 0 N–H and O–H groups in total. The van der Waals surface area contributed by atoms with Gasteiger partial charge in [-0.25, -0.2) is 4.79 Å². The first-order chi connectivity index (χ1) is 3.81. The number of hydrogen-bond acceptors (Lipinski definition) is 2. The third kappa shape index (κ3) is 3.64. The highest BCUT2D eigenvalue weighted by molar-refractivity contribution is 7.31. The average molecular weight is 130 g/mol. The van der Waals surface area contributed by atoms with Crippen molar-refractivity contribution in [2.24, 2.45) is 0 Å². The predicted octanol–water partition coefficient (Wildman–Crippen LogP) is 0.776. The second-order valence-electron chi connectivity index (χ2n) is 0.969. The lowest BCUT2D eigenvalue weighted by molar-refractivity contribution is -0.127. The zero-order valence-corrected chi connectivity index (χ0v) is 5.82. The van der Waals surface area contributed by atoms with Crippen LogP contribution in [0.4, 0.5) is 0 Å². The number of rotatable bonds is 1. The molecule has 0 aromatic rings. The SMILES string of the molecule is CC#CC(=O)OPC. The molecule has 0 aliphatic rings. The molecule has 0 aromatic carbocycles. The van der Waals surface area contributed by atoms with Crippen LogP contribution in [0.2, 0.25) is 0 Å². The molecule has 0 bridgehead atoms. The van der Waals surface area contributed by atoms with Crippen LogP contribution in [0.1, 0.15) is 6.92 Å². The van der Waals surface area contributed by atoms with Crippen LogP contribution < -0.4 is 0 Å². The highest BCUT2D eigenvalue weighted by Gasteiger charge is 1.89. The summed E-state index contributed by atoms with van der Waals surface area (Å²) in [5.41, 5.74) is 0. The maximum absolute atomic E-state index is 10.3. The Morgan fingerprint density at radius 1 is 1.75 bits per heavy atom. The van der Waals surface area contributed by atoms with Gasteiger partial charge in [0.15, 0.2) is 0 Å². The van der Waals surface area contributed by atoms with Crippen molar-refractivity contribution in [3.05, 3.63) is 0 Å². The highest BCUT2D eigenvalue weighted by atomic mass is 31.1. The van der Waals surface area contributed by atoms with Crippen LogP contribution in [-0.2, 0) is 9.32 Å². The molecule has 0 saturated heterocycles. The smallest absolute Gasteiger partial charge is 0.386 e. The van der Waals surface area contributed by atoms with Gasteiger partial charge in [0.2, 0.25) is 0 Å². The molecule has 0 saturated carbocycles. The molecule has 3 heteroatoms. The Labute approximate surface area is 50.5 Å². The first-order valence-electron chi connectivity index (χ1n) is 2.11. The molecule has 44 valence electrons. The van der Waals surface area contributed by atoms with E-state index >= 15 is 0 Å². The second-order valence-corrected chi connectivity index (χ2v) is 1.58. The van der Waals surface area contributed by atoms with Gasteiger partial charge in [0.05, 0.1) is 8.81 Å². The van der Waals surface area contributed by atoms with Gasteiger partial charge >= 0.3 is 5.97 Å². The van der Waals surface area contributed by atoms with Crippen molar-refractivity contribution in [3.63, 3.8) is 0 Å². The Kier molecular flexibility index (Phi) is 4.30. The van der Waals surface area contributed by atoms with Crippen LogP contribution in [0.5, 0.6) is 0 Å². The molecular formula is C5H7O2P. The highest BCUT2D eigenvalue weighted by Crippen LogP contribution is 2.02. The monoisotopic (exact) mass is 130 g/mol. The summed E-state index contributed by atoms with van der Waals surface area (Å²) in [5, 5.41) is 0. The topological polar surface area (TPSA) is 26.3 Å². The standard InChI is InChI=1S/C5H7O2P/c1-3-4-5(6)7-8-2/h8H,1-2H3. The molecular weight excluding hydrogens is 123 g/mol. The fourth-order valence-electron chi connectivity index (χ4n) is 0.220. The summed E-state index contributed by atoms with van der Waals surface area (Å²) in [4.78, 5) is 10.3. The van der Waals surface area contributed by atoms with Crippen LogP contribution in [0, 0.1) is 11.8 Å². The van der Waals surface area contributed by atoms with E-state index in [0.717, 1.165) is 0 Å². The normalized spacial score (nSPS) is 8.25. The quantitative estimate of drug-likeness (QED) is 0.387. The molecule has 0 aliphatic heterocycles. The summed E-state index contributed by atoms with van der Waals surface area (Å²) in [5.74, 6) is 4.24. The van der Waals surface area contributed by atoms with E-state index in [-0.39, 0.29) is 8.81 Å². The van der Waals surface area contributed by atoms with E-state index in [9.17, 15) is 4.79 Å². The Balaban J connectivity index is 3.44. The zero-order chi connectivity index (χ0) is 6.41. The average Bonchev–Trinajstić information content (AvgIpc) is 1.68. The van der Waals surface area contributed by atoms with E-state index in [4.69, 9.17) is 0 Å². The van der Waals surface area contributed by atoms with Crippen LogP contribution in [-0.4, -0.2) is 12.6 Å². The maximum atomic E-state index is 10.3. The van der Waals surface area contributed by atoms with Gasteiger partial charge in [-0.05, 0) is 13.6 Å². The van der Waals surface area contributed by atoms with E-state index < -0.39 is 5.97 Å². The van der Waals surface area contributed by atoms with Crippen molar-refractivity contribution in [2.45, 2.75) is 6.92 Å². The fraction of sp³-hybridized carbons (Fsp3) is 0.400. The van der Waals surface area contributed by atoms with Gasteiger partial charge in [0.1, 0.15) is 0 Å². The van der Waals surface area contributed by atoms with Gasteiger partial charge in [-0.1, -0.05) is 5.92 Å². The Morgan fingerprint density at radius 3 is 2.75 bits per heavy atom. The minimum atomic E-state index is -0.437. The summed E-state index contributed by atoms with van der Waals surface area (Å²) in [6, 6.07) is 0. The Morgan fingerprint density at radius 2 is 2.38 bits per heavy atom. The molecule has 2 nitrogen and oxygen atoms in total. The van der Waals surface area contributed by atoms with Crippen molar-refractivity contribution >= 4 is 14.8 Å². The summed E-state index contributed by atoms with van der Waals surface area (Å²) in [6.45, 7) is 3.37. The van der Waals surface area contributed by atoms with Gasteiger partial charge < -0.3 is 4.52 Å². The van der Waals surface area contributed by atoms with Gasteiger partial charge in [-0.3, -0.25) is 0 Å². The minimum Gasteiger partial charge on any atom is -0.439 e. The van der Waals surface area contributed by atoms with E-state index in [1.165, 1.54) is 0 Å². The summed E-state index contributed by atoms with van der Waals surface area (Å²) >= 11 is 0. The van der Waals surface area contributed by atoms with E-state index in [2.05, 4.69) is 16.4 Å². The zero-order valence-electron chi connectivity index (χ0n) is 4.82. The molecule has 1 atom stereocenters. The largest absolute Gasteiger partial charge is 0.439 e. The summed E-state index contributed by atoms with van der Waals surface area (Å²) < 4.78 is 4.50. The van der Waals surface area contributed by atoms with E-state index in [1.54, 1.807) is 13.6 Å².